The molecule has 3 heterocycles. The van der Waals surface area contributed by atoms with Crippen molar-refractivity contribution in [3.63, 3.8) is 0 Å². The summed E-state index contributed by atoms with van der Waals surface area (Å²) in [6, 6.07) is 30.2. The normalized spacial score (nSPS) is 14.1. The molecule has 0 unspecified atom stereocenters. The van der Waals surface area contributed by atoms with E-state index in [0.29, 0.717) is 46.8 Å². The average Bonchev–Trinajstić information content (AvgIpc) is 3.29. The van der Waals surface area contributed by atoms with Crippen LogP contribution in [0.3, 0.4) is 0 Å². The minimum absolute atomic E-state index is 0.255. The number of fused-ring (bicyclic) bond motifs is 2. The number of carbonyl (C=O) groups excluding carboxylic acids is 2. The Bertz CT molecular complexity index is 1850. The van der Waals surface area contributed by atoms with Crippen LogP contribution in [0, 0.1) is 0 Å². The lowest BCUT2D eigenvalue weighted by Gasteiger charge is -2.39. The Labute approximate surface area is 264 Å². The van der Waals surface area contributed by atoms with Crippen LogP contribution in [-0.2, 0) is 13.0 Å². The molecule has 44 heavy (non-hydrogen) atoms. The number of hydrogen-bond acceptors (Lipinski definition) is 7. The van der Waals surface area contributed by atoms with Crippen LogP contribution < -0.4 is 15.1 Å². The molecule has 2 aliphatic rings. The Morgan fingerprint density at radius 1 is 0.795 bits per heavy atom. The van der Waals surface area contributed by atoms with Crippen molar-refractivity contribution < 1.29 is 9.59 Å². The maximum Gasteiger partial charge on any atom is 0.261 e. The summed E-state index contributed by atoms with van der Waals surface area (Å²) in [5.74, 6) is 0.726. The summed E-state index contributed by atoms with van der Waals surface area (Å²) in [5.41, 5.74) is 5.30. The molecular formula is C34H26Cl2N6O2. The third kappa shape index (κ3) is 5.23. The van der Waals surface area contributed by atoms with E-state index in [1.54, 1.807) is 24.3 Å². The highest BCUT2D eigenvalue weighted by molar-refractivity contribution is 6.39. The maximum atomic E-state index is 12.9. The van der Waals surface area contributed by atoms with Crippen LogP contribution in [0.4, 0.5) is 28.8 Å². The smallest absolute Gasteiger partial charge is 0.261 e. The molecular weight excluding hydrogens is 595 g/mol. The number of hydrogen-bond donors (Lipinski definition) is 1. The number of para-hydroxylation sites is 2. The highest BCUT2D eigenvalue weighted by Crippen LogP contribution is 2.40. The summed E-state index contributed by atoms with van der Waals surface area (Å²) >= 11 is 13.3. The quantitative estimate of drug-likeness (QED) is 0.189. The first-order chi connectivity index (χ1) is 21.5. The number of rotatable bonds is 7. The monoisotopic (exact) mass is 620 g/mol. The third-order valence-electron chi connectivity index (χ3n) is 7.78. The predicted molar refractivity (Wildman–Crippen MR) is 173 cm³/mol. The molecule has 8 nitrogen and oxygen atoms in total. The second-order valence-electron chi connectivity index (χ2n) is 10.6. The van der Waals surface area contributed by atoms with E-state index < -0.39 is 0 Å². The van der Waals surface area contributed by atoms with E-state index in [0.717, 1.165) is 34.0 Å². The first-order valence-electron chi connectivity index (χ1n) is 14.1. The van der Waals surface area contributed by atoms with E-state index in [-0.39, 0.29) is 18.4 Å². The average molecular weight is 622 g/mol. The van der Waals surface area contributed by atoms with Crippen LogP contribution in [0.2, 0.25) is 10.0 Å². The molecule has 1 N–H and O–H groups in total. The summed E-state index contributed by atoms with van der Waals surface area (Å²) in [6.45, 7) is 1.22. The molecule has 1 aromatic heterocycles. The molecule has 218 valence electrons. The first-order valence-corrected chi connectivity index (χ1v) is 14.9. The maximum absolute atomic E-state index is 12.9. The van der Waals surface area contributed by atoms with Crippen molar-refractivity contribution in [1.29, 1.82) is 0 Å². The van der Waals surface area contributed by atoms with Crippen molar-refractivity contribution in [2.75, 3.05) is 28.3 Å². The second kappa shape index (κ2) is 11.6. The van der Waals surface area contributed by atoms with Gasteiger partial charge in [-0.15, -0.1) is 0 Å². The van der Waals surface area contributed by atoms with Gasteiger partial charge in [-0.1, -0.05) is 71.7 Å². The van der Waals surface area contributed by atoms with Gasteiger partial charge >= 0.3 is 0 Å². The Morgan fingerprint density at radius 3 is 2.20 bits per heavy atom. The lowest BCUT2D eigenvalue weighted by atomic mass is 10.1. The van der Waals surface area contributed by atoms with Gasteiger partial charge in [-0.25, -0.2) is 4.98 Å². The van der Waals surface area contributed by atoms with Crippen LogP contribution in [0.15, 0.2) is 103 Å². The van der Waals surface area contributed by atoms with Crippen LogP contribution in [0.1, 0.15) is 31.8 Å². The van der Waals surface area contributed by atoms with Gasteiger partial charge in [-0.05, 0) is 60.5 Å². The van der Waals surface area contributed by atoms with Gasteiger partial charge in [-0.3, -0.25) is 14.5 Å². The van der Waals surface area contributed by atoms with Crippen LogP contribution in [0.25, 0.3) is 0 Å². The number of nitrogens with one attached hydrogen (secondary N) is 1. The van der Waals surface area contributed by atoms with Crippen molar-refractivity contribution in [2.45, 2.75) is 13.0 Å². The van der Waals surface area contributed by atoms with Crippen LogP contribution in [0.5, 0.6) is 0 Å². The Kier molecular flexibility index (Phi) is 7.37. The van der Waals surface area contributed by atoms with Crippen molar-refractivity contribution in [1.82, 2.24) is 14.9 Å². The van der Waals surface area contributed by atoms with E-state index >= 15 is 0 Å². The largest absolute Gasteiger partial charge is 0.346 e. The summed E-state index contributed by atoms with van der Waals surface area (Å²) in [7, 11) is 0. The zero-order valence-electron chi connectivity index (χ0n) is 23.5. The molecule has 0 radical (unpaired) electrons. The first kappa shape index (κ1) is 27.9. The van der Waals surface area contributed by atoms with Gasteiger partial charge < -0.3 is 15.1 Å². The zero-order valence-corrected chi connectivity index (χ0v) is 25.0. The fraction of sp³-hybridized carbons (Fsp3) is 0.118. The van der Waals surface area contributed by atoms with Gasteiger partial charge in [-0.2, -0.15) is 4.98 Å². The molecule has 2 aliphatic heterocycles. The van der Waals surface area contributed by atoms with Crippen molar-refractivity contribution >= 4 is 63.8 Å². The fourth-order valence-corrected chi connectivity index (χ4v) is 6.29. The fourth-order valence-electron chi connectivity index (χ4n) is 5.65. The highest BCUT2D eigenvalue weighted by Gasteiger charge is 2.35. The van der Waals surface area contributed by atoms with Crippen LogP contribution >= 0.6 is 23.2 Å². The molecule has 0 aliphatic carbocycles. The SMILES string of the molecule is O=C1c2ccccc2C(=O)N1CCc1cccc(N2CN(c3c(Cl)cccc3Cl)Cc3cnc(Nc4ccccc4)nc32)c1. The molecule has 0 atom stereocenters. The van der Waals surface area contributed by atoms with E-state index in [1.165, 1.54) is 4.90 Å². The van der Waals surface area contributed by atoms with E-state index in [4.69, 9.17) is 28.2 Å². The molecule has 0 spiro atoms. The lowest BCUT2D eigenvalue weighted by Crippen LogP contribution is -2.41. The molecule has 7 rings (SSSR count). The third-order valence-corrected chi connectivity index (χ3v) is 8.39. The molecule has 0 fully saturated rings. The summed E-state index contributed by atoms with van der Waals surface area (Å²) in [5, 5.41) is 4.40. The van der Waals surface area contributed by atoms with Gasteiger partial charge in [0.05, 0.1) is 40.1 Å². The highest BCUT2D eigenvalue weighted by atomic mass is 35.5. The van der Waals surface area contributed by atoms with Crippen molar-refractivity contribution in [3.8, 4) is 0 Å². The molecule has 0 saturated heterocycles. The molecule has 5 aromatic rings. The molecule has 0 saturated carbocycles. The predicted octanol–water partition coefficient (Wildman–Crippen LogP) is 7.48. The number of benzene rings is 4. The van der Waals surface area contributed by atoms with Gasteiger partial charge in [0.15, 0.2) is 0 Å². The van der Waals surface area contributed by atoms with Gasteiger partial charge in [0.2, 0.25) is 5.95 Å². The summed E-state index contributed by atoms with van der Waals surface area (Å²) in [4.78, 5) is 40.9. The summed E-state index contributed by atoms with van der Waals surface area (Å²) < 4.78 is 0. The van der Waals surface area contributed by atoms with E-state index in [2.05, 4.69) is 26.2 Å². The topological polar surface area (TPSA) is 81.7 Å². The Morgan fingerprint density at radius 2 is 1.48 bits per heavy atom. The minimum atomic E-state index is -0.255. The number of aromatic nitrogens is 2. The number of nitrogens with zero attached hydrogens (tertiary/aromatic N) is 5. The number of anilines is 5. The van der Waals surface area contributed by atoms with Gasteiger partial charge in [0, 0.05) is 29.7 Å². The second-order valence-corrected chi connectivity index (χ2v) is 11.4. The number of amides is 2. The van der Waals surface area contributed by atoms with Gasteiger partial charge in [0.1, 0.15) is 5.82 Å². The summed E-state index contributed by atoms with van der Waals surface area (Å²) in [6.07, 6.45) is 2.33. The van der Waals surface area contributed by atoms with Gasteiger partial charge in [0.25, 0.3) is 11.8 Å². The number of imide groups is 1. The Balaban J connectivity index is 1.20. The molecule has 10 heteroatoms. The molecule has 0 bridgehead atoms. The van der Waals surface area contributed by atoms with Crippen molar-refractivity contribution in [2.24, 2.45) is 0 Å². The Hall–Kier alpha value is -4.92. The van der Waals surface area contributed by atoms with Crippen LogP contribution in [-0.4, -0.2) is 39.9 Å². The number of carbonyl (C=O) groups is 2. The standard InChI is InChI=1S/C34H26Cl2N6O2/c35-28-14-7-15-29(36)30(28)40-20-23-19-37-34(38-24-9-2-1-3-10-24)39-31(23)42(21-40)25-11-6-8-22(18-25)16-17-41-32(43)26-12-4-5-13-27(26)33(41)44/h1-15,18-19H,16-17,20-21H2,(H,37,38,39). The zero-order chi connectivity index (χ0) is 30.2. The lowest BCUT2D eigenvalue weighted by molar-refractivity contribution is 0.0656. The van der Waals surface area contributed by atoms with E-state index in [9.17, 15) is 9.59 Å². The van der Waals surface area contributed by atoms with E-state index in [1.807, 2.05) is 72.9 Å². The molecule has 2 amide bonds. The molecule has 4 aromatic carbocycles. The number of halogens is 2. The van der Waals surface area contributed by atoms with Crippen molar-refractivity contribution in [3.05, 3.63) is 136 Å². The minimum Gasteiger partial charge on any atom is -0.346 e.